The molecule has 0 fully saturated rings. The lowest BCUT2D eigenvalue weighted by molar-refractivity contribution is -0.384. The van der Waals surface area contributed by atoms with Gasteiger partial charge < -0.3 is 0 Å². The first kappa shape index (κ1) is 22.3. The van der Waals surface area contributed by atoms with Crippen LogP contribution in [0.15, 0.2) is 64.8 Å². The maximum atomic E-state index is 13.5. The van der Waals surface area contributed by atoms with Gasteiger partial charge in [0.05, 0.1) is 28.5 Å². The van der Waals surface area contributed by atoms with Crippen molar-refractivity contribution < 1.29 is 4.92 Å². The van der Waals surface area contributed by atoms with E-state index in [0.717, 1.165) is 25.7 Å². The highest BCUT2D eigenvalue weighted by Gasteiger charge is 2.19. The van der Waals surface area contributed by atoms with Crippen LogP contribution < -0.4 is 5.56 Å². The summed E-state index contributed by atoms with van der Waals surface area (Å²) in [6.45, 7) is 2.72. The summed E-state index contributed by atoms with van der Waals surface area (Å²) in [4.78, 5) is 38.1. The van der Waals surface area contributed by atoms with Crippen molar-refractivity contribution in [1.82, 2.24) is 24.2 Å². The van der Waals surface area contributed by atoms with E-state index in [2.05, 4.69) is 17.0 Å². The van der Waals surface area contributed by atoms with Crippen molar-refractivity contribution in [3.63, 3.8) is 0 Å². The molecule has 3 aromatic heterocycles. The van der Waals surface area contributed by atoms with Crippen LogP contribution in [0.3, 0.4) is 0 Å². The predicted octanol–water partition coefficient (Wildman–Crippen LogP) is 4.67. The number of fused-ring (bicyclic) bond motifs is 4. The zero-order chi connectivity index (χ0) is 24.4. The number of hydrogen-bond acceptors (Lipinski definition) is 7. The summed E-state index contributed by atoms with van der Waals surface area (Å²) in [6.07, 6.45) is 7.19. The second-order valence-corrected chi connectivity index (χ2v) is 8.30. The van der Waals surface area contributed by atoms with E-state index in [4.69, 9.17) is 9.97 Å². The molecule has 176 valence electrons. The molecule has 0 amide bonds. The summed E-state index contributed by atoms with van der Waals surface area (Å²) in [5.41, 5.74) is 2.80. The molecule has 0 N–H and O–H groups in total. The summed E-state index contributed by atoms with van der Waals surface area (Å²) in [5.74, 6) is 0. The number of aryl methyl sites for hydroxylation is 1. The van der Waals surface area contributed by atoms with Crippen LogP contribution in [0.4, 0.5) is 5.69 Å². The van der Waals surface area contributed by atoms with E-state index in [-0.39, 0.29) is 11.2 Å². The molecule has 0 unspecified atom stereocenters. The molecule has 3 heterocycles. The number of unbranched alkanes of at least 4 members (excludes halogenated alkanes) is 3. The number of nitrogens with zero attached hydrogens (tertiary/aromatic N) is 7. The van der Waals surface area contributed by atoms with Gasteiger partial charge in [0.15, 0.2) is 11.3 Å². The first-order chi connectivity index (χ1) is 17.1. The minimum Gasteiger partial charge on any atom is -0.299 e. The number of benzene rings is 2. The Kier molecular flexibility index (Phi) is 6.01. The van der Waals surface area contributed by atoms with Crippen molar-refractivity contribution in [1.29, 1.82) is 0 Å². The third-order valence-electron chi connectivity index (χ3n) is 5.86. The van der Waals surface area contributed by atoms with Crippen molar-refractivity contribution in [3.05, 3.63) is 80.9 Å². The number of nitro groups is 1. The van der Waals surface area contributed by atoms with Crippen molar-refractivity contribution in [2.45, 2.75) is 39.2 Å². The molecule has 0 radical (unpaired) electrons. The molecule has 5 aromatic rings. The molecule has 0 spiro atoms. The van der Waals surface area contributed by atoms with Gasteiger partial charge in [0.2, 0.25) is 0 Å². The van der Waals surface area contributed by atoms with Gasteiger partial charge in [0, 0.05) is 24.2 Å². The number of aromatic nitrogens is 5. The average Bonchev–Trinajstić information content (AvgIpc) is 3.18. The Morgan fingerprint density at radius 2 is 1.83 bits per heavy atom. The fourth-order valence-corrected chi connectivity index (χ4v) is 4.08. The summed E-state index contributed by atoms with van der Waals surface area (Å²) >= 11 is 0. The Morgan fingerprint density at radius 1 is 1.03 bits per heavy atom. The fourth-order valence-electron chi connectivity index (χ4n) is 4.08. The number of nitro benzene ring substituents is 1. The number of rotatable bonds is 8. The topological polar surface area (TPSA) is 121 Å². The Labute approximate surface area is 199 Å². The van der Waals surface area contributed by atoms with E-state index in [1.165, 1.54) is 29.4 Å². The van der Waals surface area contributed by atoms with Crippen LogP contribution in [-0.4, -0.2) is 35.3 Å². The summed E-state index contributed by atoms with van der Waals surface area (Å²) in [7, 11) is 0. The number of non-ortho nitro benzene ring substituents is 1. The molecule has 2 aromatic carbocycles. The first-order valence-corrected chi connectivity index (χ1v) is 11.5. The molecule has 0 aliphatic carbocycles. The molecule has 0 atom stereocenters. The van der Waals surface area contributed by atoms with E-state index >= 15 is 0 Å². The standard InChI is InChI=1S/C25H23N7O3/c1-2-3-4-7-13-30-16-26-23-21(25(30)33)22-24(29-20-12-6-5-11-19(20)28-22)31(23)27-15-17-9-8-10-18(14-17)32(34)35/h5-6,8-12,14-16H,2-4,7,13H2,1H3. The van der Waals surface area contributed by atoms with Crippen LogP contribution in [0.1, 0.15) is 38.2 Å². The zero-order valence-electron chi connectivity index (χ0n) is 19.2. The highest BCUT2D eigenvalue weighted by Crippen LogP contribution is 2.25. The minimum absolute atomic E-state index is 0.0361. The normalized spacial score (nSPS) is 11.8. The highest BCUT2D eigenvalue weighted by atomic mass is 16.6. The van der Waals surface area contributed by atoms with Crippen LogP contribution in [-0.2, 0) is 6.54 Å². The van der Waals surface area contributed by atoms with Crippen LogP contribution in [0.25, 0.3) is 33.2 Å². The third-order valence-corrected chi connectivity index (χ3v) is 5.86. The molecule has 0 aliphatic rings. The lowest BCUT2D eigenvalue weighted by Gasteiger charge is -2.05. The summed E-state index contributed by atoms with van der Waals surface area (Å²) < 4.78 is 3.09. The van der Waals surface area contributed by atoms with Gasteiger partial charge in [-0.2, -0.15) is 9.78 Å². The molecule has 0 saturated heterocycles. The SMILES string of the molecule is CCCCCCn1cnc2c(c1=O)c1nc3ccccc3nc1n2N=Cc1cccc([N+](=O)[O-])c1. The molecule has 0 saturated carbocycles. The molecule has 35 heavy (non-hydrogen) atoms. The quantitative estimate of drug-likeness (QED) is 0.141. The van der Waals surface area contributed by atoms with E-state index in [0.29, 0.717) is 45.3 Å². The van der Waals surface area contributed by atoms with Gasteiger partial charge in [-0.25, -0.2) is 15.0 Å². The predicted molar refractivity (Wildman–Crippen MR) is 135 cm³/mol. The number of para-hydroxylation sites is 2. The minimum atomic E-state index is -0.458. The van der Waals surface area contributed by atoms with Gasteiger partial charge in [0.1, 0.15) is 10.9 Å². The van der Waals surface area contributed by atoms with Crippen LogP contribution in [0.2, 0.25) is 0 Å². The molecule has 5 rings (SSSR count). The third kappa shape index (κ3) is 4.25. The first-order valence-electron chi connectivity index (χ1n) is 11.5. The van der Waals surface area contributed by atoms with Gasteiger partial charge in [-0.15, -0.1) is 0 Å². The molecule has 10 nitrogen and oxygen atoms in total. The second kappa shape index (κ2) is 9.41. The van der Waals surface area contributed by atoms with Crippen molar-refractivity contribution in [2.75, 3.05) is 0 Å². The molecule has 0 bridgehead atoms. The van der Waals surface area contributed by atoms with Crippen molar-refractivity contribution in [3.8, 4) is 0 Å². The highest BCUT2D eigenvalue weighted by molar-refractivity contribution is 6.04. The molecule has 10 heteroatoms. The van der Waals surface area contributed by atoms with Gasteiger partial charge in [-0.3, -0.25) is 19.5 Å². The zero-order valence-corrected chi connectivity index (χ0v) is 19.2. The maximum Gasteiger partial charge on any atom is 0.270 e. The summed E-state index contributed by atoms with van der Waals surface area (Å²) in [5, 5.41) is 16.0. The van der Waals surface area contributed by atoms with Gasteiger partial charge >= 0.3 is 0 Å². The van der Waals surface area contributed by atoms with Crippen LogP contribution in [0, 0.1) is 10.1 Å². The smallest absolute Gasteiger partial charge is 0.270 e. The molecular weight excluding hydrogens is 446 g/mol. The second-order valence-electron chi connectivity index (χ2n) is 8.30. The van der Waals surface area contributed by atoms with Gasteiger partial charge in [-0.05, 0) is 18.6 Å². The summed E-state index contributed by atoms with van der Waals surface area (Å²) in [6, 6.07) is 13.6. The van der Waals surface area contributed by atoms with E-state index in [9.17, 15) is 14.9 Å². The van der Waals surface area contributed by atoms with E-state index in [1.54, 1.807) is 16.7 Å². The average molecular weight is 470 g/mol. The van der Waals surface area contributed by atoms with Gasteiger partial charge in [-0.1, -0.05) is 50.5 Å². The van der Waals surface area contributed by atoms with Crippen LogP contribution >= 0.6 is 0 Å². The Balaban J connectivity index is 1.69. The molecular formula is C25H23N7O3. The lowest BCUT2D eigenvalue weighted by Crippen LogP contribution is -2.20. The van der Waals surface area contributed by atoms with Crippen LogP contribution in [0.5, 0.6) is 0 Å². The number of hydrogen-bond donors (Lipinski definition) is 0. The Bertz CT molecular complexity index is 1650. The maximum absolute atomic E-state index is 13.5. The van der Waals surface area contributed by atoms with Crippen molar-refractivity contribution in [2.24, 2.45) is 5.10 Å². The van der Waals surface area contributed by atoms with E-state index in [1.807, 2.05) is 24.3 Å². The van der Waals surface area contributed by atoms with Gasteiger partial charge in [0.25, 0.3) is 11.2 Å². The lowest BCUT2D eigenvalue weighted by atomic mass is 10.2. The van der Waals surface area contributed by atoms with E-state index < -0.39 is 4.92 Å². The largest absolute Gasteiger partial charge is 0.299 e. The monoisotopic (exact) mass is 469 g/mol. The Morgan fingerprint density at radius 3 is 2.60 bits per heavy atom. The Hall–Kier alpha value is -4.47. The fraction of sp³-hybridized carbons (Fsp3) is 0.240. The van der Waals surface area contributed by atoms with Crippen molar-refractivity contribution >= 4 is 45.1 Å². The molecule has 0 aliphatic heterocycles.